The van der Waals surface area contributed by atoms with Crippen LogP contribution in [0.5, 0.6) is 0 Å². The van der Waals surface area contributed by atoms with Crippen LogP contribution >= 0.6 is 0 Å². The number of aryl methyl sites for hydroxylation is 1. The van der Waals surface area contributed by atoms with E-state index in [1.165, 1.54) is 0 Å². The first-order valence-electron chi connectivity index (χ1n) is 7.40. The van der Waals surface area contributed by atoms with Gasteiger partial charge < -0.3 is 0 Å². The Labute approximate surface area is 130 Å². The second-order valence-corrected chi connectivity index (χ2v) is 7.68. The van der Waals surface area contributed by atoms with Crippen molar-refractivity contribution in [2.75, 3.05) is 13.1 Å². The molecule has 22 heavy (non-hydrogen) atoms. The van der Waals surface area contributed by atoms with Gasteiger partial charge in [-0.3, -0.25) is 4.90 Å². The van der Waals surface area contributed by atoms with Crippen molar-refractivity contribution in [3.8, 4) is 0 Å². The summed E-state index contributed by atoms with van der Waals surface area (Å²) in [5.41, 5.74) is 1.87. The third kappa shape index (κ3) is 3.26. The molecule has 2 N–H and O–H groups in total. The standard InChI is InChI=1S/C15H20N4O2S/c1-11-13-6-2-3-7-14(13)18-15(17-11)10-19-8-4-5-12(9-19)22(16,20)21/h2-3,6-7,12H,4-5,8-10H2,1H3,(H2,16,20,21). The Bertz CT molecular complexity index is 791. The molecule has 1 aliphatic rings. The van der Waals surface area contributed by atoms with Gasteiger partial charge in [-0.05, 0) is 32.4 Å². The van der Waals surface area contributed by atoms with E-state index in [-0.39, 0.29) is 0 Å². The van der Waals surface area contributed by atoms with E-state index in [1.807, 2.05) is 31.2 Å². The quantitative estimate of drug-likeness (QED) is 0.917. The van der Waals surface area contributed by atoms with E-state index in [4.69, 9.17) is 5.14 Å². The van der Waals surface area contributed by atoms with Gasteiger partial charge in [0.05, 0.1) is 17.3 Å². The summed E-state index contributed by atoms with van der Waals surface area (Å²) in [5, 5.41) is 5.84. The fraction of sp³-hybridized carbons (Fsp3) is 0.467. The highest BCUT2D eigenvalue weighted by molar-refractivity contribution is 7.89. The maximum atomic E-state index is 11.5. The van der Waals surface area contributed by atoms with E-state index in [0.717, 1.165) is 35.4 Å². The van der Waals surface area contributed by atoms with E-state index in [9.17, 15) is 8.42 Å². The minimum atomic E-state index is -3.48. The molecule has 1 atom stereocenters. The van der Waals surface area contributed by atoms with E-state index in [2.05, 4.69) is 14.9 Å². The van der Waals surface area contributed by atoms with Crippen molar-refractivity contribution in [1.82, 2.24) is 14.9 Å². The molecule has 1 unspecified atom stereocenters. The van der Waals surface area contributed by atoms with Crippen molar-refractivity contribution in [1.29, 1.82) is 0 Å². The Kier molecular flexibility index (Phi) is 4.12. The number of rotatable bonds is 3. The number of nitrogens with two attached hydrogens (primary N) is 1. The molecule has 6 nitrogen and oxygen atoms in total. The first kappa shape index (κ1) is 15.3. The predicted octanol–water partition coefficient (Wildman–Crippen LogP) is 1.19. The minimum Gasteiger partial charge on any atom is -0.295 e. The highest BCUT2D eigenvalue weighted by Gasteiger charge is 2.28. The highest BCUT2D eigenvalue weighted by Crippen LogP contribution is 2.19. The molecular weight excluding hydrogens is 300 g/mol. The third-order valence-electron chi connectivity index (χ3n) is 4.13. The lowest BCUT2D eigenvalue weighted by molar-refractivity contribution is 0.217. The Balaban J connectivity index is 1.81. The van der Waals surface area contributed by atoms with E-state index in [0.29, 0.717) is 19.5 Å². The molecule has 0 aliphatic carbocycles. The first-order valence-corrected chi connectivity index (χ1v) is 9.00. The Morgan fingerprint density at radius 1 is 1.32 bits per heavy atom. The smallest absolute Gasteiger partial charge is 0.213 e. The zero-order valence-electron chi connectivity index (χ0n) is 12.6. The van der Waals surface area contributed by atoms with Gasteiger partial charge in [0.1, 0.15) is 5.82 Å². The lowest BCUT2D eigenvalue weighted by atomic mass is 10.1. The van der Waals surface area contributed by atoms with Crippen LogP contribution < -0.4 is 5.14 Å². The number of hydrogen-bond acceptors (Lipinski definition) is 5. The van der Waals surface area contributed by atoms with Gasteiger partial charge in [-0.2, -0.15) is 0 Å². The van der Waals surface area contributed by atoms with Gasteiger partial charge in [0.15, 0.2) is 0 Å². The number of hydrogen-bond donors (Lipinski definition) is 1. The number of piperidine rings is 1. The summed E-state index contributed by atoms with van der Waals surface area (Å²) >= 11 is 0. The molecule has 2 aromatic rings. The van der Waals surface area contributed by atoms with Gasteiger partial charge in [0.25, 0.3) is 0 Å². The third-order valence-corrected chi connectivity index (χ3v) is 5.45. The van der Waals surface area contributed by atoms with Crippen molar-refractivity contribution < 1.29 is 8.42 Å². The number of primary sulfonamides is 1. The summed E-state index contributed by atoms with van der Waals surface area (Å²) < 4.78 is 23.1. The van der Waals surface area contributed by atoms with Crippen LogP contribution in [-0.4, -0.2) is 41.6 Å². The molecular formula is C15H20N4O2S. The van der Waals surface area contributed by atoms with Crippen LogP contribution in [0.2, 0.25) is 0 Å². The average Bonchev–Trinajstić information content (AvgIpc) is 2.47. The number of nitrogens with zero attached hydrogens (tertiary/aromatic N) is 3. The number of likely N-dealkylation sites (tertiary alicyclic amines) is 1. The van der Waals surface area contributed by atoms with Gasteiger partial charge >= 0.3 is 0 Å². The Morgan fingerprint density at radius 3 is 2.86 bits per heavy atom. The topological polar surface area (TPSA) is 89.2 Å². The van der Waals surface area contributed by atoms with Gasteiger partial charge in [-0.15, -0.1) is 0 Å². The molecule has 1 fully saturated rings. The molecule has 1 aromatic heterocycles. The molecule has 118 valence electrons. The number of fused-ring (bicyclic) bond motifs is 1. The molecule has 0 radical (unpaired) electrons. The summed E-state index contributed by atoms with van der Waals surface area (Å²) in [6, 6.07) is 7.90. The summed E-state index contributed by atoms with van der Waals surface area (Å²) in [6.07, 6.45) is 1.46. The van der Waals surface area contributed by atoms with Crippen LogP contribution in [0.3, 0.4) is 0 Å². The monoisotopic (exact) mass is 320 g/mol. The highest BCUT2D eigenvalue weighted by atomic mass is 32.2. The molecule has 0 saturated carbocycles. The van der Waals surface area contributed by atoms with Gasteiger partial charge in [0, 0.05) is 17.6 Å². The van der Waals surface area contributed by atoms with Crippen LogP contribution in [0, 0.1) is 6.92 Å². The van der Waals surface area contributed by atoms with Crippen molar-refractivity contribution in [2.45, 2.75) is 31.6 Å². The minimum absolute atomic E-state index is 0.452. The molecule has 3 rings (SSSR count). The zero-order valence-corrected chi connectivity index (χ0v) is 13.4. The number of aromatic nitrogens is 2. The van der Waals surface area contributed by atoms with Gasteiger partial charge in [-0.1, -0.05) is 18.2 Å². The van der Waals surface area contributed by atoms with Crippen LogP contribution in [0.15, 0.2) is 24.3 Å². The zero-order chi connectivity index (χ0) is 15.7. The SMILES string of the molecule is Cc1nc(CN2CCCC(S(N)(=O)=O)C2)nc2ccccc12. The molecule has 1 aromatic carbocycles. The maximum Gasteiger partial charge on any atom is 0.213 e. The molecule has 1 aliphatic heterocycles. The van der Waals surface area contributed by atoms with E-state index < -0.39 is 15.3 Å². The van der Waals surface area contributed by atoms with E-state index >= 15 is 0 Å². The van der Waals surface area contributed by atoms with Crippen molar-refractivity contribution in [3.63, 3.8) is 0 Å². The molecule has 0 amide bonds. The van der Waals surface area contributed by atoms with Gasteiger partial charge in [0.2, 0.25) is 10.0 Å². The van der Waals surface area contributed by atoms with Crippen LogP contribution in [0.4, 0.5) is 0 Å². The normalized spacial score (nSPS) is 20.4. The Morgan fingerprint density at radius 2 is 2.09 bits per heavy atom. The fourth-order valence-electron chi connectivity index (χ4n) is 2.99. The van der Waals surface area contributed by atoms with Crippen LogP contribution in [-0.2, 0) is 16.6 Å². The first-order chi connectivity index (χ1) is 10.4. The largest absolute Gasteiger partial charge is 0.295 e. The molecule has 1 saturated heterocycles. The van der Waals surface area contributed by atoms with E-state index in [1.54, 1.807) is 0 Å². The van der Waals surface area contributed by atoms with Crippen LogP contribution in [0.1, 0.15) is 24.4 Å². The lowest BCUT2D eigenvalue weighted by Gasteiger charge is -2.30. The summed E-state index contributed by atoms with van der Waals surface area (Å²) in [5.74, 6) is 0.728. The second kappa shape index (κ2) is 5.91. The van der Waals surface area contributed by atoms with Crippen molar-refractivity contribution >= 4 is 20.9 Å². The van der Waals surface area contributed by atoms with Crippen molar-refractivity contribution in [3.05, 3.63) is 35.8 Å². The predicted molar refractivity (Wildman–Crippen MR) is 85.7 cm³/mol. The van der Waals surface area contributed by atoms with Crippen LogP contribution in [0.25, 0.3) is 10.9 Å². The van der Waals surface area contributed by atoms with Gasteiger partial charge in [-0.25, -0.2) is 23.5 Å². The summed E-state index contributed by atoms with van der Waals surface area (Å²) in [6.45, 7) is 3.82. The molecule has 2 heterocycles. The fourth-order valence-corrected chi connectivity index (χ4v) is 3.90. The maximum absolute atomic E-state index is 11.5. The lowest BCUT2D eigenvalue weighted by Crippen LogP contribution is -2.44. The number of benzene rings is 1. The second-order valence-electron chi connectivity index (χ2n) is 5.83. The summed E-state index contributed by atoms with van der Waals surface area (Å²) in [4.78, 5) is 11.2. The Hall–Kier alpha value is -1.57. The van der Waals surface area contributed by atoms with Crippen molar-refractivity contribution in [2.24, 2.45) is 5.14 Å². The number of sulfonamides is 1. The molecule has 0 spiro atoms. The molecule has 0 bridgehead atoms. The number of para-hydroxylation sites is 1. The molecule has 7 heteroatoms. The average molecular weight is 320 g/mol. The summed E-state index contributed by atoms with van der Waals surface area (Å²) in [7, 11) is -3.48.